The molecule has 0 aliphatic carbocycles. The van der Waals surface area contributed by atoms with Gasteiger partial charge in [-0.25, -0.2) is 0 Å². The number of anilines is 1. The minimum atomic E-state index is 0.806. The molecule has 0 fully saturated rings. The zero-order valence-electron chi connectivity index (χ0n) is 8.13. The Morgan fingerprint density at radius 2 is 2.29 bits per heavy atom. The van der Waals surface area contributed by atoms with Crippen LogP contribution in [0.2, 0.25) is 0 Å². The van der Waals surface area contributed by atoms with Crippen LogP contribution in [-0.2, 0) is 4.74 Å². The third-order valence-corrected chi connectivity index (χ3v) is 3.38. The Morgan fingerprint density at radius 3 is 3.00 bits per heavy atom. The molecule has 1 rings (SSSR count). The maximum Gasteiger partial charge on any atom is 0.0470 e. The Labute approximate surface area is 97.3 Å². The van der Waals surface area contributed by atoms with E-state index >= 15 is 0 Å². The van der Waals surface area contributed by atoms with Crippen LogP contribution in [0.4, 0.5) is 5.69 Å². The van der Waals surface area contributed by atoms with Crippen molar-refractivity contribution in [3.63, 3.8) is 0 Å². The molecule has 0 unspecified atom stereocenters. The summed E-state index contributed by atoms with van der Waals surface area (Å²) in [5, 5.41) is 0. The van der Waals surface area contributed by atoms with Crippen LogP contribution in [0.15, 0.2) is 27.6 Å². The Kier molecular flexibility index (Phi) is 5.37. The van der Waals surface area contributed by atoms with Gasteiger partial charge in [-0.2, -0.15) is 0 Å². The monoisotopic (exact) mass is 275 g/mol. The normalized spacial score (nSPS) is 10.4. The van der Waals surface area contributed by atoms with Gasteiger partial charge in [0.1, 0.15) is 0 Å². The molecule has 0 spiro atoms. The highest BCUT2D eigenvalue weighted by Crippen LogP contribution is 2.28. The topological polar surface area (TPSA) is 35.2 Å². The van der Waals surface area contributed by atoms with Crippen LogP contribution in [0.25, 0.3) is 0 Å². The molecular weight excluding hydrogens is 262 g/mol. The molecule has 0 aromatic heterocycles. The van der Waals surface area contributed by atoms with Crippen molar-refractivity contribution in [3.05, 3.63) is 22.7 Å². The standard InChI is InChI=1S/C10H14BrNOS/c1-13-5-2-6-14-10-7-8(11)3-4-9(10)12/h3-4,7H,2,5-6,12H2,1H3. The second-order valence-electron chi connectivity index (χ2n) is 2.88. The molecule has 2 N–H and O–H groups in total. The van der Waals surface area contributed by atoms with Crippen molar-refractivity contribution in [1.82, 2.24) is 0 Å². The van der Waals surface area contributed by atoms with E-state index in [-0.39, 0.29) is 0 Å². The van der Waals surface area contributed by atoms with Crippen molar-refractivity contribution >= 4 is 33.4 Å². The lowest BCUT2D eigenvalue weighted by Gasteiger charge is -2.05. The summed E-state index contributed by atoms with van der Waals surface area (Å²) in [5.41, 5.74) is 6.67. The highest BCUT2D eigenvalue weighted by molar-refractivity contribution is 9.10. The van der Waals surface area contributed by atoms with E-state index in [0.717, 1.165) is 33.8 Å². The van der Waals surface area contributed by atoms with Crippen molar-refractivity contribution < 1.29 is 4.74 Å². The minimum Gasteiger partial charge on any atom is -0.398 e. The lowest BCUT2D eigenvalue weighted by atomic mass is 10.3. The summed E-state index contributed by atoms with van der Waals surface area (Å²) < 4.78 is 6.05. The first-order valence-corrected chi connectivity index (χ1v) is 6.18. The summed E-state index contributed by atoms with van der Waals surface area (Å²) in [7, 11) is 1.72. The Hall–Kier alpha value is -0.190. The number of nitrogen functional groups attached to an aromatic ring is 1. The van der Waals surface area contributed by atoms with Gasteiger partial charge in [0.15, 0.2) is 0 Å². The first kappa shape index (κ1) is 11.9. The van der Waals surface area contributed by atoms with Gasteiger partial charge in [-0.05, 0) is 24.6 Å². The number of ether oxygens (including phenoxy) is 1. The van der Waals surface area contributed by atoms with E-state index in [1.165, 1.54) is 0 Å². The van der Waals surface area contributed by atoms with Gasteiger partial charge in [-0.1, -0.05) is 15.9 Å². The van der Waals surface area contributed by atoms with E-state index < -0.39 is 0 Å². The molecule has 0 saturated heterocycles. The summed E-state index contributed by atoms with van der Waals surface area (Å²) in [5.74, 6) is 1.04. The molecule has 78 valence electrons. The predicted molar refractivity (Wildman–Crippen MR) is 65.8 cm³/mol. The van der Waals surface area contributed by atoms with Gasteiger partial charge < -0.3 is 10.5 Å². The van der Waals surface area contributed by atoms with Gasteiger partial charge in [-0.15, -0.1) is 11.8 Å². The number of nitrogens with two attached hydrogens (primary N) is 1. The molecular formula is C10H14BrNOS. The molecule has 4 heteroatoms. The fourth-order valence-corrected chi connectivity index (χ4v) is 2.46. The van der Waals surface area contributed by atoms with Crippen LogP contribution in [-0.4, -0.2) is 19.5 Å². The summed E-state index contributed by atoms with van der Waals surface area (Å²) in [6.45, 7) is 0.806. The molecule has 14 heavy (non-hydrogen) atoms. The van der Waals surface area contributed by atoms with Crippen molar-refractivity contribution in [2.45, 2.75) is 11.3 Å². The number of hydrogen-bond donors (Lipinski definition) is 1. The largest absolute Gasteiger partial charge is 0.398 e. The van der Waals surface area contributed by atoms with Gasteiger partial charge in [-0.3, -0.25) is 0 Å². The summed E-state index contributed by atoms with van der Waals surface area (Å²) in [6.07, 6.45) is 1.05. The lowest BCUT2D eigenvalue weighted by Crippen LogP contribution is -1.92. The van der Waals surface area contributed by atoms with Crippen LogP contribution in [0.1, 0.15) is 6.42 Å². The van der Waals surface area contributed by atoms with Crippen molar-refractivity contribution in [3.8, 4) is 0 Å². The third-order valence-electron chi connectivity index (χ3n) is 1.73. The van der Waals surface area contributed by atoms with Gasteiger partial charge in [0.05, 0.1) is 0 Å². The van der Waals surface area contributed by atoms with Gasteiger partial charge in [0.25, 0.3) is 0 Å². The molecule has 0 aliphatic heterocycles. The molecule has 0 radical (unpaired) electrons. The smallest absolute Gasteiger partial charge is 0.0470 e. The van der Waals surface area contributed by atoms with E-state index in [9.17, 15) is 0 Å². The van der Waals surface area contributed by atoms with E-state index in [4.69, 9.17) is 10.5 Å². The average Bonchev–Trinajstić information content (AvgIpc) is 2.18. The fourth-order valence-electron chi connectivity index (χ4n) is 1.02. The molecule has 0 aliphatic rings. The molecule has 1 aromatic rings. The number of rotatable bonds is 5. The summed E-state index contributed by atoms with van der Waals surface area (Å²) in [4.78, 5) is 1.13. The van der Waals surface area contributed by atoms with Gasteiger partial charge in [0, 0.05) is 34.5 Å². The van der Waals surface area contributed by atoms with Gasteiger partial charge in [0.2, 0.25) is 0 Å². The Bertz CT molecular complexity index is 293. The van der Waals surface area contributed by atoms with Crippen LogP contribution >= 0.6 is 27.7 Å². The van der Waals surface area contributed by atoms with E-state index in [1.807, 2.05) is 18.2 Å². The lowest BCUT2D eigenvalue weighted by molar-refractivity contribution is 0.200. The molecule has 0 atom stereocenters. The van der Waals surface area contributed by atoms with Crippen molar-refractivity contribution in [2.75, 3.05) is 25.2 Å². The second kappa shape index (κ2) is 6.32. The molecule has 0 amide bonds. The summed E-state index contributed by atoms with van der Waals surface area (Å²) >= 11 is 5.19. The molecule has 0 bridgehead atoms. The number of halogens is 1. The van der Waals surface area contributed by atoms with E-state index in [0.29, 0.717) is 0 Å². The van der Waals surface area contributed by atoms with Crippen molar-refractivity contribution in [1.29, 1.82) is 0 Å². The summed E-state index contributed by atoms with van der Waals surface area (Å²) in [6, 6.07) is 5.92. The number of methoxy groups -OCH3 is 1. The maximum atomic E-state index is 5.83. The number of hydrogen-bond acceptors (Lipinski definition) is 3. The first-order chi connectivity index (χ1) is 6.74. The van der Waals surface area contributed by atoms with E-state index in [2.05, 4.69) is 15.9 Å². The number of benzene rings is 1. The fraction of sp³-hybridized carbons (Fsp3) is 0.400. The second-order valence-corrected chi connectivity index (χ2v) is 4.93. The zero-order chi connectivity index (χ0) is 10.4. The first-order valence-electron chi connectivity index (χ1n) is 4.41. The molecule has 0 saturated carbocycles. The molecule has 2 nitrogen and oxygen atoms in total. The van der Waals surface area contributed by atoms with Crippen molar-refractivity contribution in [2.24, 2.45) is 0 Å². The maximum absolute atomic E-state index is 5.83. The molecule has 1 aromatic carbocycles. The van der Waals surface area contributed by atoms with Crippen LogP contribution in [0, 0.1) is 0 Å². The zero-order valence-corrected chi connectivity index (χ0v) is 10.5. The average molecular weight is 276 g/mol. The van der Waals surface area contributed by atoms with Crippen LogP contribution < -0.4 is 5.73 Å². The predicted octanol–water partition coefficient (Wildman–Crippen LogP) is 3.16. The number of thioether (sulfide) groups is 1. The third kappa shape index (κ3) is 3.90. The minimum absolute atomic E-state index is 0.806. The quantitative estimate of drug-likeness (QED) is 0.509. The highest BCUT2D eigenvalue weighted by Gasteiger charge is 2.00. The Balaban J connectivity index is 2.45. The molecule has 0 heterocycles. The Morgan fingerprint density at radius 1 is 1.50 bits per heavy atom. The van der Waals surface area contributed by atoms with Crippen LogP contribution in [0.5, 0.6) is 0 Å². The van der Waals surface area contributed by atoms with Crippen LogP contribution in [0.3, 0.4) is 0 Å². The van der Waals surface area contributed by atoms with E-state index in [1.54, 1.807) is 18.9 Å². The van der Waals surface area contributed by atoms with Gasteiger partial charge >= 0.3 is 0 Å². The highest BCUT2D eigenvalue weighted by atomic mass is 79.9. The SMILES string of the molecule is COCCCSc1cc(Br)ccc1N.